The van der Waals surface area contributed by atoms with Gasteiger partial charge in [-0.3, -0.25) is 9.59 Å². The molecule has 0 saturated heterocycles. The van der Waals surface area contributed by atoms with Gasteiger partial charge in [-0.2, -0.15) is 0 Å². The van der Waals surface area contributed by atoms with E-state index in [0.29, 0.717) is 37.4 Å². The van der Waals surface area contributed by atoms with Gasteiger partial charge in [0.1, 0.15) is 11.8 Å². The van der Waals surface area contributed by atoms with Crippen LogP contribution in [0.3, 0.4) is 0 Å². The lowest BCUT2D eigenvalue weighted by atomic mass is 9.95. The van der Waals surface area contributed by atoms with Gasteiger partial charge in [0.15, 0.2) is 0 Å². The van der Waals surface area contributed by atoms with Gasteiger partial charge in [0.05, 0.1) is 6.61 Å². The van der Waals surface area contributed by atoms with Crippen molar-refractivity contribution in [2.24, 2.45) is 0 Å². The van der Waals surface area contributed by atoms with Crippen molar-refractivity contribution in [2.45, 2.75) is 83.8 Å². The highest BCUT2D eigenvalue weighted by Crippen LogP contribution is 2.20. The second-order valence-corrected chi connectivity index (χ2v) is 9.62. The smallest absolute Gasteiger partial charge is 0.243 e. The van der Waals surface area contributed by atoms with E-state index in [0.717, 1.165) is 42.6 Å². The van der Waals surface area contributed by atoms with Gasteiger partial charge in [0, 0.05) is 24.0 Å². The topological polar surface area (TPSA) is 58.6 Å². The molecule has 0 bridgehead atoms. The SMILES string of the molecule is CC[C@H](C(=O)NC1CCCCC1)N(Cc1cccc(C)c1)C(=O)CCCOc1ccc(Cl)cc1. The fourth-order valence-electron chi connectivity index (χ4n) is 4.56. The molecule has 5 nitrogen and oxygen atoms in total. The van der Waals surface area contributed by atoms with Crippen LogP contribution in [-0.4, -0.2) is 35.4 Å². The van der Waals surface area contributed by atoms with Crippen LogP contribution in [0.15, 0.2) is 48.5 Å². The Labute approximate surface area is 208 Å². The van der Waals surface area contributed by atoms with Gasteiger partial charge in [-0.05, 0) is 62.4 Å². The number of aryl methyl sites for hydroxylation is 1. The minimum absolute atomic E-state index is 0.0214. The first-order valence-electron chi connectivity index (χ1n) is 12.5. The summed E-state index contributed by atoms with van der Waals surface area (Å²) in [4.78, 5) is 28.4. The van der Waals surface area contributed by atoms with E-state index in [1.54, 1.807) is 17.0 Å². The molecule has 2 amide bonds. The number of amides is 2. The van der Waals surface area contributed by atoms with Gasteiger partial charge >= 0.3 is 0 Å². The second-order valence-electron chi connectivity index (χ2n) is 9.18. The van der Waals surface area contributed by atoms with E-state index < -0.39 is 6.04 Å². The molecule has 0 radical (unpaired) electrons. The minimum atomic E-state index is -0.480. The van der Waals surface area contributed by atoms with E-state index in [9.17, 15) is 9.59 Å². The number of carbonyl (C=O) groups is 2. The Morgan fingerprint density at radius 3 is 2.53 bits per heavy atom. The van der Waals surface area contributed by atoms with E-state index >= 15 is 0 Å². The largest absolute Gasteiger partial charge is 0.494 e. The van der Waals surface area contributed by atoms with Crippen molar-refractivity contribution < 1.29 is 14.3 Å². The zero-order valence-corrected chi connectivity index (χ0v) is 21.2. The number of benzene rings is 2. The highest BCUT2D eigenvalue weighted by Gasteiger charge is 2.30. The first kappa shape index (κ1) is 26.1. The van der Waals surface area contributed by atoms with E-state index in [-0.39, 0.29) is 17.9 Å². The zero-order valence-electron chi connectivity index (χ0n) is 20.4. The molecule has 184 valence electrons. The summed E-state index contributed by atoms with van der Waals surface area (Å²) in [5, 5.41) is 3.89. The first-order valence-corrected chi connectivity index (χ1v) is 12.9. The molecule has 0 unspecified atom stereocenters. The summed E-state index contributed by atoms with van der Waals surface area (Å²) in [5.41, 5.74) is 2.18. The number of halogens is 1. The highest BCUT2D eigenvalue weighted by molar-refractivity contribution is 6.30. The highest BCUT2D eigenvalue weighted by atomic mass is 35.5. The van der Waals surface area contributed by atoms with Crippen LogP contribution >= 0.6 is 11.6 Å². The number of hydrogen-bond acceptors (Lipinski definition) is 3. The van der Waals surface area contributed by atoms with Crippen molar-refractivity contribution >= 4 is 23.4 Å². The summed E-state index contributed by atoms with van der Waals surface area (Å²) >= 11 is 5.92. The van der Waals surface area contributed by atoms with Gasteiger partial charge in [0.2, 0.25) is 11.8 Å². The maximum absolute atomic E-state index is 13.4. The Morgan fingerprint density at radius 2 is 1.85 bits per heavy atom. The molecule has 1 aliphatic rings. The molecule has 1 N–H and O–H groups in total. The number of carbonyl (C=O) groups excluding carboxylic acids is 2. The van der Waals surface area contributed by atoms with Crippen molar-refractivity contribution in [3.63, 3.8) is 0 Å². The molecule has 0 heterocycles. The van der Waals surface area contributed by atoms with Crippen LogP contribution < -0.4 is 10.1 Å². The third-order valence-corrected chi connectivity index (χ3v) is 6.64. The van der Waals surface area contributed by atoms with Crippen LogP contribution in [0.2, 0.25) is 5.02 Å². The molecule has 1 atom stereocenters. The van der Waals surface area contributed by atoms with Crippen molar-refractivity contribution in [1.29, 1.82) is 0 Å². The summed E-state index contributed by atoms with van der Waals surface area (Å²) in [6, 6.07) is 15.1. The fraction of sp³-hybridized carbons (Fsp3) is 0.500. The van der Waals surface area contributed by atoms with E-state index in [1.807, 2.05) is 44.2 Å². The Kier molecular flexibility index (Phi) is 10.3. The quantitative estimate of drug-likeness (QED) is 0.394. The van der Waals surface area contributed by atoms with Crippen LogP contribution in [-0.2, 0) is 16.1 Å². The standard InChI is InChI=1S/C28H37ClN2O3/c1-3-26(28(33)30-24-11-5-4-6-12-24)31(20-22-10-7-9-21(2)19-22)27(32)13-8-18-34-25-16-14-23(29)15-17-25/h7,9-10,14-17,19,24,26H,3-6,8,11-13,18,20H2,1-2H3,(H,30,33)/t26-/m1/s1. The number of hydrogen-bond donors (Lipinski definition) is 1. The Bertz CT molecular complexity index is 926. The molecular formula is C28H37ClN2O3. The van der Waals surface area contributed by atoms with Gasteiger partial charge in [-0.15, -0.1) is 0 Å². The third kappa shape index (κ3) is 8.05. The average Bonchev–Trinajstić information content (AvgIpc) is 2.83. The summed E-state index contributed by atoms with van der Waals surface area (Å²) in [6.45, 7) is 4.87. The van der Waals surface area contributed by atoms with E-state index in [4.69, 9.17) is 16.3 Å². The predicted octanol–water partition coefficient (Wildman–Crippen LogP) is 6.06. The molecule has 2 aromatic carbocycles. The molecule has 1 aliphatic carbocycles. The molecule has 1 fully saturated rings. The van der Waals surface area contributed by atoms with Gasteiger partial charge < -0.3 is 15.0 Å². The molecule has 0 aliphatic heterocycles. The van der Waals surface area contributed by atoms with Gasteiger partial charge in [-0.1, -0.05) is 67.6 Å². The van der Waals surface area contributed by atoms with Crippen molar-refractivity contribution in [2.75, 3.05) is 6.61 Å². The fourth-order valence-corrected chi connectivity index (χ4v) is 4.68. The lowest BCUT2D eigenvalue weighted by Gasteiger charge is -2.33. The third-order valence-electron chi connectivity index (χ3n) is 6.39. The number of nitrogens with one attached hydrogen (secondary N) is 1. The van der Waals surface area contributed by atoms with Crippen molar-refractivity contribution in [3.05, 3.63) is 64.7 Å². The minimum Gasteiger partial charge on any atom is -0.494 e. The molecule has 2 aromatic rings. The Hall–Kier alpha value is -2.53. The molecule has 3 rings (SSSR count). The maximum Gasteiger partial charge on any atom is 0.243 e. The van der Waals surface area contributed by atoms with Crippen molar-refractivity contribution in [1.82, 2.24) is 10.2 Å². The van der Waals surface area contributed by atoms with Crippen LogP contribution in [0.4, 0.5) is 0 Å². The predicted molar refractivity (Wildman–Crippen MR) is 137 cm³/mol. The lowest BCUT2D eigenvalue weighted by Crippen LogP contribution is -2.51. The summed E-state index contributed by atoms with van der Waals surface area (Å²) in [7, 11) is 0. The molecule has 0 spiro atoms. The molecular weight excluding hydrogens is 448 g/mol. The normalized spacial score (nSPS) is 14.9. The summed E-state index contributed by atoms with van der Waals surface area (Å²) in [6.07, 6.45) is 7.07. The monoisotopic (exact) mass is 484 g/mol. The average molecular weight is 485 g/mol. The number of rotatable bonds is 11. The van der Waals surface area contributed by atoms with E-state index in [1.165, 1.54) is 6.42 Å². The summed E-state index contributed by atoms with van der Waals surface area (Å²) in [5.74, 6) is 0.673. The van der Waals surface area contributed by atoms with Crippen molar-refractivity contribution in [3.8, 4) is 5.75 Å². The van der Waals surface area contributed by atoms with Gasteiger partial charge in [0.25, 0.3) is 0 Å². The maximum atomic E-state index is 13.4. The van der Waals surface area contributed by atoms with Crippen LogP contribution in [0.5, 0.6) is 5.75 Å². The van der Waals surface area contributed by atoms with Gasteiger partial charge in [-0.25, -0.2) is 0 Å². The zero-order chi connectivity index (χ0) is 24.3. The lowest BCUT2D eigenvalue weighted by molar-refractivity contribution is -0.142. The van der Waals surface area contributed by atoms with Crippen LogP contribution in [0.1, 0.15) is 69.4 Å². The summed E-state index contributed by atoms with van der Waals surface area (Å²) < 4.78 is 5.75. The van der Waals surface area contributed by atoms with Crippen LogP contribution in [0.25, 0.3) is 0 Å². The first-order chi connectivity index (χ1) is 16.5. The van der Waals surface area contributed by atoms with E-state index in [2.05, 4.69) is 11.4 Å². The Balaban J connectivity index is 1.64. The number of ether oxygens (including phenoxy) is 1. The van der Waals surface area contributed by atoms with Crippen LogP contribution in [0, 0.1) is 6.92 Å². The molecule has 0 aromatic heterocycles. The molecule has 6 heteroatoms. The molecule has 1 saturated carbocycles. The second kappa shape index (κ2) is 13.4. The Morgan fingerprint density at radius 1 is 1.12 bits per heavy atom. The molecule has 34 heavy (non-hydrogen) atoms. The number of nitrogens with zero attached hydrogens (tertiary/aromatic N) is 1.